The molecule has 2 N–H and O–H groups in total. The zero-order valence-corrected chi connectivity index (χ0v) is 21.8. The molecule has 2 heterocycles. The average molecular weight is 536 g/mol. The van der Waals surface area contributed by atoms with Gasteiger partial charge >= 0.3 is 0 Å². The minimum absolute atomic E-state index is 0.0667. The van der Waals surface area contributed by atoms with Gasteiger partial charge in [0.2, 0.25) is 11.8 Å². The van der Waals surface area contributed by atoms with Crippen molar-refractivity contribution in [3.05, 3.63) is 65.5 Å². The average Bonchev–Trinajstić information content (AvgIpc) is 3.27. The number of para-hydroxylation sites is 1. The Morgan fingerprint density at radius 1 is 1.03 bits per heavy atom. The van der Waals surface area contributed by atoms with E-state index in [1.165, 1.54) is 35.2 Å². The maximum atomic E-state index is 13.4. The van der Waals surface area contributed by atoms with Crippen molar-refractivity contribution >= 4 is 46.2 Å². The van der Waals surface area contributed by atoms with E-state index in [1.807, 2.05) is 24.3 Å². The number of carbonyl (C=O) groups is 3. The van der Waals surface area contributed by atoms with Gasteiger partial charge in [0.25, 0.3) is 5.91 Å². The van der Waals surface area contributed by atoms with Crippen molar-refractivity contribution in [1.29, 1.82) is 0 Å². The molecule has 0 unspecified atom stereocenters. The number of thioether (sulfide) groups is 1. The van der Waals surface area contributed by atoms with Crippen LogP contribution in [0, 0.1) is 5.82 Å². The summed E-state index contributed by atoms with van der Waals surface area (Å²) < 4.78 is 13.1. The van der Waals surface area contributed by atoms with Crippen LogP contribution >= 0.6 is 11.8 Å². The Bertz CT molecular complexity index is 1270. The highest BCUT2D eigenvalue weighted by Crippen LogP contribution is 2.34. The summed E-state index contributed by atoms with van der Waals surface area (Å²) in [4.78, 5) is 49.3. The van der Waals surface area contributed by atoms with Crippen LogP contribution in [0.1, 0.15) is 56.1 Å². The molecule has 5 rings (SSSR count). The Balaban J connectivity index is 1.21. The molecule has 0 bridgehead atoms. The van der Waals surface area contributed by atoms with Crippen LogP contribution in [0.15, 0.2) is 58.5 Å². The van der Waals surface area contributed by atoms with Crippen LogP contribution in [0.5, 0.6) is 0 Å². The predicted molar refractivity (Wildman–Crippen MR) is 146 cm³/mol. The molecule has 0 radical (unpaired) electrons. The molecule has 2 aromatic rings. The van der Waals surface area contributed by atoms with E-state index in [0.29, 0.717) is 16.7 Å². The van der Waals surface area contributed by atoms with Crippen LogP contribution in [0.4, 0.5) is 10.1 Å². The summed E-state index contributed by atoms with van der Waals surface area (Å²) in [6.45, 7) is 0.280. The number of amides is 3. The number of benzene rings is 2. The lowest BCUT2D eigenvalue weighted by Crippen LogP contribution is -2.42. The topological polar surface area (TPSA) is 103 Å². The fourth-order valence-electron chi connectivity index (χ4n) is 4.89. The number of aliphatic imine (C=N–C) groups is 2. The maximum absolute atomic E-state index is 13.4. The second kappa shape index (κ2) is 11.9. The summed E-state index contributed by atoms with van der Waals surface area (Å²) in [6, 6.07) is 12.9. The number of hydrogen-bond donors (Lipinski definition) is 2. The van der Waals surface area contributed by atoms with E-state index in [1.54, 1.807) is 12.1 Å². The number of hydrogen-bond acceptors (Lipinski definition) is 6. The largest absolute Gasteiger partial charge is 0.353 e. The molecule has 2 aromatic carbocycles. The molecule has 0 saturated heterocycles. The lowest BCUT2D eigenvalue weighted by atomic mass is 9.95. The van der Waals surface area contributed by atoms with Crippen molar-refractivity contribution < 1.29 is 18.8 Å². The number of nitrogens with zero attached hydrogens (tertiary/aromatic N) is 3. The van der Waals surface area contributed by atoms with Gasteiger partial charge in [-0.3, -0.25) is 19.4 Å². The van der Waals surface area contributed by atoms with Crippen LogP contribution in [-0.4, -0.2) is 51.5 Å². The first-order valence-electron chi connectivity index (χ1n) is 13.0. The van der Waals surface area contributed by atoms with Gasteiger partial charge < -0.3 is 10.6 Å². The van der Waals surface area contributed by atoms with E-state index >= 15 is 0 Å². The Kier molecular flexibility index (Phi) is 8.17. The van der Waals surface area contributed by atoms with Gasteiger partial charge in [0, 0.05) is 24.6 Å². The molecule has 198 valence electrons. The van der Waals surface area contributed by atoms with Gasteiger partial charge in [-0.2, -0.15) is 0 Å². The van der Waals surface area contributed by atoms with Crippen LogP contribution in [0.2, 0.25) is 0 Å². The Morgan fingerprint density at radius 3 is 2.58 bits per heavy atom. The first-order valence-corrected chi connectivity index (χ1v) is 14.0. The third kappa shape index (κ3) is 6.12. The van der Waals surface area contributed by atoms with Gasteiger partial charge in [0.15, 0.2) is 5.17 Å². The van der Waals surface area contributed by atoms with Crippen molar-refractivity contribution in [2.45, 2.75) is 63.6 Å². The lowest BCUT2D eigenvalue weighted by molar-refractivity contribution is -0.125. The van der Waals surface area contributed by atoms with Crippen LogP contribution in [0.3, 0.4) is 0 Å². The molecule has 10 heteroatoms. The minimum Gasteiger partial charge on any atom is -0.353 e. The highest BCUT2D eigenvalue weighted by atomic mass is 32.2. The molecule has 3 aliphatic rings. The zero-order chi connectivity index (χ0) is 26.5. The van der Waals surface area contributed by atoms with Crippen molar-refractivity contribution in [3.8, 4) is 0 Å². The third-order valence-electron chi connectivity index (χ3n) is 6.90. The first-order chi connectivity index (χ1) is 18.5. The van der Waals surface area contributed by atoms with E-state index < -0.39 is 6.04 Å². The summed E-state index contributed by atoms with van der Waals surface area (Å²) in [5.74, 6) is -0.196. The number of rotatable bonds is 8. The summed E-state index contributed by atoms with van der Waals surface area (Å²) in [6.07, 6.45) is 5.86. The van der Waals surface area contributed by atoms with E-state index in [9.17, 15) is 18.8 Å². The van der Waals surface area contributed by atoms with Crippen molar-refractivity contribution in [3.63, 3.8) is 0 Å². The van der Waals surface area contributed by atoms with Crippen molar-refractivity contribution in [1.82, 2.24) is 15.5 Å². The molecule has 0 spiro atoms. The molecular weight excluding hydrogens is 505 g/mol. The number of nitrogens with one attached hydrogen (secondary N) is 2. The normalized spacial score (nSPS) is 18.8. The Labute approximate surface area is 225 Å². The van der Waals surface area contributed by atoms with E-state index in [-0.39, 0.29) is 54.7 Å². The predicted octanol–water partition coefficient (Wildman–Crippen LogP) is 4.06. The molecular formula is C28H30FN5O3S. The fraction of sp³-hybridized carbons (Fsp3) is 0.393. The summed E-state index contributed by atoms with van der Waals surface area (Å²) in [5.41, 5.74) is 2.24. The highest BCUT2D eigenvalue weighted by Gasteiger charge is 2.41. The molecule has 1 fully saturated rings. The summed E-state index contributed by atoms with van der Waals surface area (Å²) >= 11 is 1.23. The minimum atomic E-state index is -0.713. The smallest absolute Gasteiger partial charge is 0.259 e. The van der Waals surface area contributed by atoms with Crippen LogP contribution in [0.25, 0.3) is 0 Å². The van der Waals surface area contributed by atoms with Gasteiger partial charge in [-0.25, -0.2) is 14.3 Å². The number of amidine groups is 2. The third-order valence-corrected chi connectivity index (χ3v) is 7.84. The van der Waals surface area contributed by atoms with E-state index in [0.717, 1.165) is 36.8 Å². The van der Waals surface area contributed by atoms with Gasteiger partial charge in [-0.15, -0.1) is 0 Å². The molecule has 0 aromatic heterocycles. The first kappa shape index (κ1) is 26.1. The molecule has 1 aliphatic carbocycles. The molecule has 1 atom stereocenters. The monoisotopic (exact) mass is 535 g/mol. The SMILES string of the molecule is O=C(CC[C@H]1N=C2c3ccccc3N=C(SCC(=O)NC3CCCCC3)N2C1=O)NCc1ccc(F)cc1. The Hall–Kier alpha value is -3.53. The number of fused-ring (bicyclic) bond motifs is 3. The van der Waals surface area contributed by atoms with Gasteiger partial charge in [0.1, 0.15) is 17.7 Å². The van der Waals surface area contributed by atoms with Gasteiger partial charge in [-0.05, 0) is 49.1 Å². The van der Waals surface area contributed by atoms with Crippen molar-refractivity contribution in [2.75, 3.05) is 5.75 Å². The van der Waals surface area contributed by atoms with E-state index in [2.05, 4.69) is 20.6 Å². The van der Waals surface area contributed by atoms with Crippen LogP contribution < -0.4 is 10.6 Å². The Morgan fingerprint density at radius 2 is 1.79 bits per heavy atom. The van der Waals surface area contributed by atoms with Crippen molar-refractivity contribution in [2.24, 2.45) is 9.98 Å². The number of halogens is 1. The second-order valence-electron chi connectivity index (χ2n) is 9.69. The second-order valence-corrected chi connectivity index (χ2v) is 10.6. The molecule has 8 nitrogen and oxygen atoms in total. The quantitative estimate of drug-likeness (QED) is 0.532. The maximum Gasteiger partial charge on any atom is 0.259 e. The van der Waals surface area contributed by atoms with Crippen LogP contribution in [-0.2, 0) is 20.9 Å². The standard InChI is InChI=1S/C28H30FN5O3S/c29-19-12-10-18(11-13-19)16-30-24(35)15-14-23-27(37)34-26(32-23)21-8-4-5-9-22(21)33-28(34)38-17-25(36)31-20-6-2-1-3-7-20/h4-5,8-13,20,23H,1-3,6-7,14-17H2,(H,30,35)(H,31,36)/t23-/m1/s1. The zero-order valence-electron chi connectivity index (χ0n) is 21.0. The highest BCUT2D eigenvalue weighted by molar-refractivity contribution is 8.14. The molecule has 2 aliphatic heterocycles. The van der Waals surface area contributed by atoms with E-state index in [4.69, 9.17) is 0 Å². The lowest BCUT2D eigenvalue weighted by Gasteiger charge is -2.26. The summed E-state index contributed by atoms with van der Waals surface area (Å²) in [5, 5.41) is 6.33. The summed E-state index contributed by atoms with van der Waals surface area (Å²) in [7, 11) is 0. The van der Waals surface area contributed by atoms with Gasteiger partial charge in [-0.1, -0.05) is 55.3 Å². The fourth-order valence-corrected chi connectivity index (χ4v) is 5.70. The molecule has 38 heavy (non-hydrogen) atoms. The molecule has 3 amide bonds. The van der Waals surface area contributed by atoms with Gasteiger partial charge in [0.05, 0.1) is 11.4 Å². The molecule has 1 saturated carbocycles. The number of carbonyl (C=O) groups excluding carboxylic acids is 3.